The highest BCUT2D eigenvalue weighted by molar-refractivity contribution is 7.89. The number of amides is 2. The fourth-order valence-electron chi connectivity index (χ4n) is 4.03. The number of aryl methyl sites for hydroxylation is 1. The number of rotatable bonds is 6. The molecule has 0 spiro atoms. The summed E-state index contributed by atoms with van der Waals surface area (Å²) in [6.07, 6.45) is 3.33. The van der Waals surface area contributed by atoms with E-state index in [1.54, 1.807) is 19.1 Å². The predicted molar refractivity (Wildman–Crippen MR) is 99.6 cm³/mol. The summed E-state index contributed by atoms with van der Waals surface area (Å²) in [4.78, 5) is 37.4. The maximum atomic E-state index is 12.7. The molecule has 1 aliphatic carbocycles. The lowest BCUT2D eigenvalue weighted by Crippen LogP contribution is -2.33. The number of nitrogens with zero attached hydrogens (tertiary/aromatic N) is 2. The third kappa shape index (κ3) is 3.68. The van der Waals surface area contributed by atoms with Crippen molar-refractivity contribution in [2.75, 3.05) is 13.6 Å². The second-order valence-corrected chi connectivity index (χ2v) is 9.53. The molecule has 3 rings (SSSR count). The Morgan fingerprint density at radius 3 is 2.29 bits per heavy atom. The van der Waals surface area contributed by atoms with Crippen LogP contribution in [0.5, 0.6) is 0 Å². The molecule has 2 aliphatic rings. The topological polar surface area (TPSA) is 112 Å². The molecule has 152 valence electrons. The van der Waals surface area contributed by atoms with Crippen molar-refractivity contribution in [3.8, 4) is 0 Å². The number of carboxylic acids is 1. The van der Waals surface area contributed by atoms with Gasteiger partial charge in [0.05, 0.1) is 23.3 Å². The summed E-state index contributed by atoms with van der Waals surface area (Å²) < 4.78 is 26.2. The number of hydrogen-bond donors (Lipinski definition) is 1. The molecule has 0 radical (unpaired) electrons. The molecule has 0 aromatic heterocycles. The largest absolute Gasteiger partial charge is 0.480 e. The number of carbonyl (C=O) groups is 3. The molecule has 2 amide bonds. The second kappa shape index (κ2) is 7.63. The lowest BCUT2D eigenvalue weighted by atomic mass is 9.81. The van der Waals surface area contributed by atoms with Crippen LogP contribution in [-0.2, 0) is 31.0 Å². The number of carboxylic acid groups (broad SMARTS) is 1. The fraction of sp³-hybridized carbons (Fsp3) is 0.526. The van der Waals surface area contributed by atoms with E-state index in [2.05, 4.69) is 0 Å². The van der Waals surface area contributed by atoms with Gasteiger partial charge in [-0.3, -0.25) is 19.3 Å². The molecule has 1 aromatic rings. The Hall–Kier alpha value is -2.26. The minimum Gasteiger partial charge on any atom is -0.480 e. The second-order valence-electron chi connectivity index (χ2n) is 7.51. The first-order valence-corrected chi connectivity index (χ1v) is 10.7. The Morgan fingerprint density at radius 1 is 1.18 bits per heavy atom. The summed E-state index contributed by atoms with van der Waals surface area (Å²) in [5.41, 5.74) is 0.988. The van der Waals surface area contributed by atoms with Crippen LogP contribution in [0.4, 0.5) is 0 Å². The van der Waals surface area contributed by atoms with Crippen molar-refractivity contribution in [1.82, 2.24) is 9.21 Å². The van der Waals surface area contributed by atoms with Gasteiger partial charge in [-0.1, -0.05) is 25.0 Å². The number of benzene rings is 1. The quantitative estimate of drug-likeness (QED) is 0.712. The van der Waals surface area contributed by atoms with E-state index in [1.165, 1.54) is 18.0 Å². The lowest BCUT2D eigenvalue weighted by molar-refractivity contribution is -0.141. The van der Waals surface area contributed by atoms with E-state index >= 15 is 0 Å². The molecule has 0 unspecified atom stereocenters. The highest BCUT2D eigenvalue weighted by Crippen LogP contribution is 2.38. The fourth-order valence-corrected chi connectivity index (χ4v) is 5.42. The zero-order valence-electron chi connectivity index (χ0n) is 15.9. The maximum absolute atomic E-state index is 12.7. The molecule has 1 saturated carbocycles. The standard InChI is InChI=1S/C19H24N2O6S/c1-12-7-8-13(9-16(12)28(26,27)20(2)11-17(22)23)10-21-18(24)14-5-3-4-6-15(14)19(21)25/h7-9,14-15H,3-6,10-11H2,1-2H3,(H,22,23)/t14-,15+. The van der Waals surface area contributed by atoms with Gasteiger partial charge in [-0.05, 0) is 37.0 Å². The molecular formula is C19H24N2O6S. The van der Waals surface area contributed by atoms with Crippen LogP contribution in [0.25, 0.3) is 0 Å². The van der Waals surface area contributed by atoms with E-state index in [-0.39, 0.29) is 35.1 Å². The highest BCUT2D eigenvalue weighted by Gasteiger charge is 2.47. The van der Waals surface area contributed by atoms with E-state index in [9.17, 15) is 22.8 Å². The van der Waals surface area contributed by atoms with Crippen LogP contribution < -0.4 is 0 Å². The first-order chi connectivity index (χ1) is 13.1. The Balaban J connectivity index is 1.87. The average Bonchev–Trinajstić information content (AvgIpc) is 2.88. The smallest absolute Gasteiger partial charge is 0.318 e. The molecular weight excluding hydrogens is 384 g/mol. The van der Waals surface area contributed by atoms with Crippen molar-refractivity contribution >= 4 is 27.8 Å². The molecule has 9 heteroatoms. The normalized spacial score (nSPS) is 22.6. The Labute approximate surface area is 164 Å². The molecule has 0 bridgehead atoms. The number of fused-ring (bicyclic) bond motifs is 1. The Kier molecular flexibility index (Phi) is 5.58. The van der Waals surface area contributed by atoms with E-state index in [0.717, 1.165) is 30.0 Å². The number of carbonyl (C=O) groups excluding carboxylic acids is 2. The van der Waals surface area contributed by atoms with Crippen molar-refractivity contribution < 1.29 is 27.9 Å². The van der Waals surface area contributed by atoms with Gasteiger partial charge in [0.2, 0.25) is 21.8 Å². The molecule has 28 heavy (non-hydrogen) atoms. The van der Waals surface area contributed by atoms with Crippen LogP contribution in [-0.4, -0.2) is 54.1 Å². The number of hydrogen-bond acceptors (Lipinski definition) is 5. The summed E-state index contributed by atoms with van der Waals surface area (Å²) in [6.45, 7) is 0.987. The maximum Gasteiger partial charge on any atom is 0.318 e. The SMILES string of the molecule is Cc1ccc(CN2C(=O)[C@H]3CCCC[C@H]3C2=O)cc1S(=O)(=O)N(C)CC(=O)O. The number of likely N-dealkylation sites (N-methyl/N-ethyl adjacent to an activating group) is 1. The van der Waals surface area contributed by atoms with E-state index < -0.39 is 22.5 Å². The molecule has 1 aromatic carbocycles. The van der Waals surface area contributed by atoms with Gasteiger partial charge >= 0.3 is 5.97 Å². The van der Waals surface area contributed by atoms with Gasteiger partial charge in [0.15, 0.2) is 0 Å². The van der Waals surface area contributed by atoms with Gasteiger partial charge in [-0.25, -0.2) is 8.42 Å². The third-order valence-corrected chi connectivity index (χ3v) is 7.52. The minimum absolute atomic E-state index is 0.0229. The van der Waals surface area contributed by atoms with Gasteiger partial charge in [-0.2, -0.15) is 4.31 Å². The van der Waals surface area contributed by atoms with Crippen molar-refractivity contribution in [2.45, 2.75) is 44.0 Å². The average molecular weight is 408 g/mol. The molecule has 1 N–H and O–H groups in total. The summed E-state index contributed by atoms with van der Waals surface area (Å²) in [6, 6.07) is 4.72. The Morgan fingerprint density at radius 2 is 1.75 bits per heavy atom. The van der Waals surface area contributed by atoms with Crippen LogP contribution in [0.15, 0.2) is 23.1 Å². The monoisotopic (exact) mass is 408 g/mol. The van der Waals surface area contributed by atoms with E-state index in [4.69, 9.17) is 5.11 Å². The lowest BCUT2D eigenvalue weighted by Gasteiger charge is -2.19. The number of aliphatic carboxylic acids is 1. The highest BCUT2D eigenvalue weighted by atomic mass is 32.2. The zero-order valence-corrected chi connectivity index (χ0v) is 16.7. The zero-order chi connectivity index (χ0) is 20.6. The van der Waals surface area contributed by atoms with Gasteiger partial charge in [0, 0.05) is 7.05 Å². The summed E-state index contributed by atoms with van der Waals surface area (Å²) in [7, 11) is -2.80. The molecule has 2 fully saturated rings. The van der Waals surface area contributed by atoms with Crippen LogP contribution >= 0.6 is 0 Å². The van der Waals surface area contributed by atoms with Crippen molar-refractivity contribution in [3.05, 3.63) is 29.3 Å². The van der Waals surface area contributed by atoms with Crippen LogP contribution in [0.3, 0.4) is 0 Å². The first-order valence-electron chi connectivity index (χ1n) is 9.26. The van der Waals surface area contributed by atoms with Crippen molar-refractivity contribution in [1.29, 1.82) is 0 Å². The van der Waals surface area contributed by atoms with Crippen LogP contribution in [0.1, 0.15) is 36.8 Å². The third-order valence-electron chi connectivity index (χ3n) is 5.57. The minimum atomic E-state index is -4.00. The van der Waals surface area contributed by atoms with Gasteiger partial charge in [0.1, 0.15) is 6.54 Å². The van der Waals surface area contributed by atoms with E-state index in [0.29, 0.717) is 11.1 Å². The van der Waals surface area contributed by atoms with Crippen molar-refractivity contribution in [2.24, 2.45) is 11.8 Å². The van der Waals surface area contributed by atoms with Gasteiger partial charge in [-0.15, -0.1) is 0 Å². The molecule has 1 saturated heterocycles. The summed E-state index contributed by atoms with van der Waals surface area (Å²) in [5, 5.41) is 8.88. The summed E-state index contributed by atoms with van der Waals surface area (Å²) >= 11 is 0. The van der Waals surface area contributed by atoms with Crippen LogP contribution in [0.2, 0.25) is 0 Å². The molecule has 8 nitrogen and oxygen atoms in total. The summed E-state index contributed by atoms with van der Waals surface area (Å²) in [5.74, 6) is -2.12. The predicted octanol–water partition coefficient (Wildman–Crippen LogP) is 1.38. The first kappa shape index (κ1) is 20.5. The molecule has 1 heterocycles. The number of imide groups is 1. The van der Waals surface area contributed by atoms with Crippen molar-refractivity contribution in [3.63, 3.8) is 0 Å². The van der Waals surface area contributed by atoms with Crippen LogP contribution in [0, 0.1) is 18.8 Å². The number of sulfonamides is 1. The van der Waals surface area contributed by atoms with E-state index in [1.807, 2.05) is 0 Å². The molecule has 2 atom stereocenters. The molecule has 1 aliphatic heterocycles. The Bertz CT molecular complexity index is 902. The van der Waals surface area contributed by atoms with Gasteiger partial charge < -0.3 is 5.11 Å². The van der Waals surface area contributed by atoms with Gasteiger partial charge in [0.25, 0.3) is 0 Å². The number of likely N-dealkylation sites (tertiary alicyclic amines) is 1.